The van der Waals surface area contributed by atoms with Crippen LogP contribution in [0.25, 0.3) is 0 Å². The Bertz CT molecular complexity index is 327. The topological polar surface area (TPSA) is 29.1 Å². The van der Waals surface area contributed by atoms with Crippen molar-refractivity contribution in [3.8, 4) is 0 Å². The van der Waals surface area contributed by atoms with Gasteiger partial charge in [0.15, 0.2) is 0 Å². The number of hydrogen-bond donors (Lipinski definition) is 1. The summed E-state index contributed by atoms with van der Waals surface area (Å²) in [6, 6.07) is 4.71. The Balaban J connectivity index is 3.22. The lowest BCUT2D eigenvalue weighted by Crippen LogP contribution is -2.19. The zero-order valence-electron chi connectivity index (χ0n) is 7.10. The summed E-state index contributed by atoms with van der Waals surface area (Å²) in [5.41, 5.74) is 0.529. The van der Waals surface area contributed by atoms with Gasteiger partial charge in [-0.15, -0.1) is 0 Å². The monoisotopic (exact) mass is 201 g/mol. The quantitative estimate of drug-likeness (QED) is 0.781. The SMILES string of the molecule is CNC(=O)c1c(Cl)cccc1CF. The molecule has 0 radical (unpaired) electrons. The minimum Gasteiger partial charge on any atom is -0.355 e. The molecule has 1 rings (SSSR count). The van der Waals surface area contributed by atoms with Crippen molar-refractivity contribution in [2.75, 3.05) is 7.05 Å². The lowest BCUT2D eigenvalue weighted by Gasteiger charge is -2.06. The standard InChI is InChI=1S/C9H9ClFNO/c1-12-9(13)8-6(5-11)3-2-4-7(8)10/h2-4H,5H2,1H3,(H,12,13). The molecule has 0 aromatic heterocycles. The minimum atomic E-state index is -0.691. The van der Waals surface area contributed by atoms with Crippen LogP contribution in [-0.4, -0.2) is 13.0 Å². The first-order valence-corrected chi connectivity index (χ1v) is 4.14. The molecular formula is C9H9ClFNO. The van der Waals surface area contributed by atoms with Crippen molar-refractivity contribution in [3.05, 3.63) is 34.3 Å². The van der Waals surface area contributed by atoms with Crippen LogP contribution in [0, 0.1) is 0 Å². The minimum absolute atomic E-state index is 0.217. The van der Waals surface area contributed by atoms with E-state index < -0.39 is 6.67 Å². The van der Waals surface area contributed by atoms with E-state index in [1.807, 2.05) is 0 Å². The van der Waals surface area contributed by atoms with Gasteiger partial charge in [0.25, 0.3) is 5.91 Å². The molecule has 0 unspecified atom stereocenters. The molecule has 0 bridgehead atoms. The highest BCUT2D eigenvalue weighted by Gasteiger charge is 2.13. The van der Waals surface area contributed by atoms with Crippen molar-refractivity contribution >= 4 is 17.5 Å². The van der Waals surface area contributed by atoms with E-state index in [0.29, 0.717) is 5.56 Å². The van der Waals surface area contributed by atoms with Crippen molar-refractivity contribution < 1.29 is 9.18 Å². The molecule has 0 spiro atoms. The van der Waals surface area contributed by atoms with Crippen molar-refractivity contribution in [2.45, 2.75) is 6.67 Å². The van der Waals surface area contributed by atoms with E-state index in [4.69, 9.17) is 11.6 Å². The Kier molecular flexibility index (Phi) is 3.25. The number of alkyl halides is 1. The third-order valence-electron chi connectivity index (χ3n) is 1.70. The van der Waals surface area contributed by atoms with Gasteiger partial charge >= 0.3 is 0 Å². The van der Waals surface area contributed by atoms with Crippen LogP contribution in [0.2, 0.25) is 5.02 Å². The maximum atomic E-state index is 12.4. The van der Waals surface area contributed by atoms with Crippen LogP contribution >= 0.6 is 11.6 Å². The number of nitrogens with one attached hydrogen (secondary N) is 1. The maximum absolute atomic E-state index is 12.4. The molecule has 4 heteroatoms. The maximum Gasteiger partial charge on any atom is 0.252 e. The molecule has 0 aliphatic carbocycles. The lowest BCUT2D eigenvalue weighted by molar-refractivity contribution is 0.0961. The van der Waals surface area contributed by atoms with E-state index in [2.05, 4.69) is 5.32 Å². The number of carbonyl (C=O) groups is 1. The fourth-order valence-corrected chi connectivity index (χ4v) is 1.34. The second kappa shape index (κ2) is 4.23. The Morgan fingerprint density at radius 3 is 2.85 bits per heavy atom. The van der Waals surface area contributed by atoms with E-state index in [9.17, 15) is 9.18 Å². The first kappa shape index (κ1) is 9.99. The van der Waals surface area contributed by atoms with Crippen LogP contribution in [0.1, 0.15) is 15.9 Å². The smallest absolute Gasteiger partial charge is 0.252 e. The largest absolute Gasteiger partial charge is 0.355 e. The predicted molar refractivity (Wildman–Crippen MR) is 49.7 cm³/mol. The predicted octanol–water partition coefficient (Wildman–Crippen LogP) is 2.17. The van der Waals surface area contributed by atoms with Crippen LogP contribution in [-0.2, 0) is 6.67 Å². The van der Waals surface area contributed by atoms with Gasteiger partial charge < -0.3 is 5.32 Å². The Labute approximate surface area is 80.7 Å². The Morgan fingerprint density at radius 1 is 1.62 bits per heavy atom. The van der Waals surface area contributed by atoms with Gasteiger partial charge in [0.05, 0.1) is 10.6 Å². The van der Waals surface area contributed by atoms with Gasteiger partial charge in [0.2, 0.25) is 0 Å². The zero-order chi connectivity index (χ0) is 9.84. The molecule has 0 heterocycles. The molecule has 2 nitrogen and oxygen atoms in total. The fraction of sp³-hybridized carbons (Fsp3) is 0.222. The second-order valence-electron chi connectivity index (χ2n) is 2.49. The van der Waals surface area contributed by atoms with Gasteiger partial charge in [0.1, 0.15) is 6.67 Å². The fourth-order valence-electron chi connectivity index (χ4n) is 1.06. The van der Waals surface area contributed by atoms with E-state index in [0.717, 1.165) is 0 Å². The number of benzene rings is 1. The average Bonchev–Trinajstić information content (AvgIpc) is 2.16. The van der Waals surface area contributed by atoms with Crippen LogP contribution in [0.5, 0.6) is 0 Å². The van der Waals surface area contributed by atoms with E-state index >= 15 is 0 Å². The van der Waals surface area contributed by atoms with Gasteiger partial charge in [-0.05, 0) is 11.6 Å². The van der Waals surface area contributed by atoms with Crippen molar-refractivity contribution in [2.24, 2.45) is 0 Å². The van der Waals surface area contributed by atoms with Crippen molar-refractivity contribution in [1.82, 2.24) is 5.32 Å². The van der Waals surface area contributed by atoms with E-state index in [-0.39, 0.29) is 16.5 Å². The summed E-state index contributed by atoms with van der Waals surface area (Å²) < 4.78 is 12.4. The number of hydrogen-bond acceptors (Lipinski definition) is 1. The number of carbonyl (C=O) groups excluding carboxylic acids is 1. The van der Waals surface area contributed by atoms with Gasteiger partial charge in [-0.2, -0.15) is 0 Å². The third kappa shape index (κ3) is 1.98. The Hall–Kier alpha value is -1.09. The molecule has 1 aromatic carbocycles. The highest BCUT2D eigenvalue weighted by Crippen LogP contribution is 2.20. The highest BCUT2D eigenvalue weighted by molar-refractivity contribution is 6.34. The summed E-state index contributed by atoms with van der Waals surface area (Å²) >= 11 is 5.75. The first-order valence-electron chi connectivity index (χ1n) is 3.76. The molecule has 0 atom stereocenters. The second-order valence-corrected chi connectivity index (χ2v) is 2.89. The lowest BCUT2D eigenvalue weighted by atomic mass is 10.1. The van der Waals surface area contributed by atoms with Gasteiger partial charge in [-0.3, -0.25) is 4.79 Å². The summed E-state index contributed by atoms with van der Waals surface area (Å²) in [5, 5.41) is 2.68. The van der Waals surface area contributed by atoms with Gasteiger partial charge in [-0.1, -0.05) is 23.7 Å². The molecule has 0 saturated heterocycles. The highest BCUT2D eigenvalue weighted by atomic mass is 35.5. The molecule has 1 aromatic rings. The number of rotatable bonds is 2. The third-order valence-corrected chi connectivity index (χ3v) is 2.01. The summed E-state index contributed by atoms with van der Waals surface area (Å²) in [7, 11) is 1.48. The molecule has 0 aliphatic heterocycles. The summed E-state index contributed by atoms with van der Waals surface area (Å²) in [4.78, 5) is 11.3. The van der Waals surface area contributed by atoms with Crippen LogP contribution < -0.4 is 5.32 Å². The molecule has 1 N–H and O–H groups in total. The molecule has 0 aliphatic rings. The molecule has 0 saturated carbocycles. The van der Waals surface area contributed by atoms with Gasteiger partial charge in [0, 0.05) is 7.05 Å². The summed E-state index contributed by atoms with van der Waals surface area (Å²) in [6.07, 6.45) is 0. The van der Waals surface area contributed by atoms with Crippen LogP contribution in [0.4, 0.5) is 4.39 Å². The summed E-state index contributed by atoms with van der Waals surface area (Å²) in [6.45, 7) is -0.691. The summed E-state index contributed by atoms with van der Waals surface area (Å²) in [5.74, 6) is -0.363. The molecule has 1 amide bonds. The van der Waals surface area contributed by atoms with Crippen molar-refractivity contribution in [1.29, 1.82) is 0 Å². The van der Waals surface area contributed by atoms with E-state index in [1.54, 1.807) is 12.1 Å². The average molecular weight is 202 g/mol. The van der Waals surface area contributed by atoms with E-state index in [1.165, 1.54) is 13.1 Å². The van der Waals surface area contributed by atoms with Gasteiger partial charge in [-0.25, -0.2) is 4.39 Å². The Morgan fingerprint density at radius 2 is 2.31 bits per heavy atom. The molecule has 0 fully saturated rings. The molecular weight excluding hydrogens is 193 g/mol. The number of amides is 1. The number of halogens is 2. The molecule has 70 valence electrons. The molecule has 13 heavy (non-hydrogen) atoms. The zero-order valence-corrected chi connectivity index (χ0v) is 7.86. The normalized spacial score (nSPS) is 9.77. The van der Waals surface area contributed by atoms with Crippen LogP contribution in [0.15, 0.2) is 18.2 Å². The van der Waals surface area contributed by atoms with Crippen molar-refractivity contribution in [3.63, 3.8) is 0 Å². The first-order chi connectivity index (χ1) is 6.20. The van der Waals surface area contributed by atoms with Crippen LogP contribution in [0.3, 0.4) is 0 Å².